The number of amides is 2. The molecular formula is C12H26N2O2S2. The number of carbonyl (C=O) groups excluding carboxylic acids is 2. The van der Waals surface area contributed by atoms with Crippen LogP contribution in [-0.4, -0.2) is 41.3 Å². The van der Waals surface area contributed by atoms with Crippen LogP contribution in [0.3, 0.4) is 0 Å². The summed E-state index contributed by atoms with van der Waals surface area (Å²) in [5.74, 6) is -0.222. The summed E-state index contributed by atoms with van der Waals surface area (Å²) in [6.45, 7) is 4.04. The molecule has 0 fully saturated rings. The highest BCUT2D eigenvalue weighted by Crippen LogP contribution is 2.06. The molecule has 0 spiro atoms. The van der Waals surface area contributed by atoms with Crippen molar-refractivity contribution >= 4 is 37.1 Å². The summed E-state index contributed by atoms with van der Waals surface area (Å²) in [5.41, 5.74) is 4.91. The fourth-order valence-electron chi connectivity index (χ4n) is 1.11. The van der Waals surface area contributed by atoms with Crippen molar-refractivity contribution in [3.05, 3.63) is 0 Å². The fraction of sp³-hybridized carbons (Fsp3) is 0.833. The summed E-state index contributed by atoms with van der Waals surface area (Å²) in [5, 5.41) is -0.361. The molecular weight excluding hydrogens is 268 g/mol. The Kier molecular flexibility index (Phi) is 13.0. The third kappa shape index (κ3) is 10.8. The summed E-state index contributed by atoms with van der Waals surface area (Å²) in [6.07, 6.45) is 3.60. The predicted molar refractivity (Wildman–Crippen MR) is 83.3 cm³/mol. The zero-order valence-electron chi connectivity index (χ0n) is 11.7. The van der Waals surface area contributed by atoms with Crippen LogP contribution < -0.4 is 5.73 Å². The maximum atomic E-state index is 11.1. The molecule has 0 aromatic rings. The maximum absolute atomic E-state index is 11.1. The van der Waals surface area contributed by atoms with Crippen LogP contribution >= 0.6 is 25.3 Å². The van der Waals surface area contributed by atoms with E-state index in [4.69, 9.17) is 5.73 Å². The molecule has 0 aliphatic rings. The van der Waals surface area contributed by atoms with Crippen molar-refractivity contribution in [1.29, 1.82) is 0 Å². The highest BCUT2D eigenvalue weighted by atomic mass is 32.1. The van der Waals surface area contributed by atoms with Crippen molar-refractivity contribution in [2.24, 2.45) is 5.73 Å². The van der Waals surface area contributed by atoms with Crippen LogP contribution in [0.1, 0.15) is 39.5 Å². The highest BCUT2D eigenvalue weighted by molar-refractivity contribution is 7.82. The monoisotopic (exact) mass is 294 g/mol. The van der Waals surface area contributed by atoms with E-state index in [2.05, 4.69) is 25.3 Å². The van der Waals surface area contributed by atoms with Gasteiger partial charge in [0, 0.05) is 14.1 Å². The number of carbonyl (C=O) groups is 2. The van der Waals surface area contributed by atoms with Crippen LogP contribution in [0, 0.1) is 0 Å². The van der Waals surface area contributed by atoms with Crippen LogP contribution in [0.25, 0.3) is 0 Å². The number of nitrogens with two attached hydrogens (primary N) is 1. The Morgan fingerprint density at radius 2 is 1.44 bits per heavy atom. The first-order valence-electron chi connectivity index (χ1n) is 6.14. The fourth-order valence-corrected chi connectivity index (χ4v) is 1.86. The molecule has 6 heteroatoms. The summed E-state index contributed by atoms with van der Waals surface area (Å²) >= 11 is 8.08. The third-order valence-electron chi connectivity index (χ3n) is 2.18. The van der Waals surface area contributed by atoms with Gasteiger partial charge in [-0.1, -0.05) is 26.7 Å². The molecule has 0 saturated carbocycles. The largest absolute Gasteiger partial charge is 0.369 e. The van der Waals surface area contributed by atoms with E-state index in [9.17, 15) is 9.59 Å². The Labute approximate surface area is 121 Å². The normalized spacial score (nSPS) is 13.0. The predicted octanol–water partition coefficient (Wildman–Crippen LogP) is 1.74. The molecule has 4 nitrogen and oxygen atoms in total. The van der Waals surface area contributed by atoms with Gasteiger partial charge < -0.3 is 10.6 Å². The van der Waals surface area contributed by atoms with E-state index < -0.39 is 0 Å². The van der Waals surface area contributed by atoms with Crippen LogP contribution in [0.15, 0.2) is 0 Å². The molecule has 18 heavy (non-hydrogen) atoms. The molecule has 0 bridgehead atoms. The summed E-state index contributed by atoms with van der Waals surface area (Å²) in [6, 6.07) is 0. The van der Waals surface area contributed by atoms with E-state index in [0.717, 1.165) is 25.7 Å². The molecule has 2 atom stereocenters. The number of hydrogen-bond acceptors (Lipinski definition) is 4. The first-order chi connectivity index (χ1) is 8.27. The Morgan fingerprint density at radius 1 is 1.06 bits per heavy atom. The second-order valence-electron chi connectivity index (χ2n) is 4.24. The van der Waals surface area contributed by atoms with Gasteiger partial charge in [-0.25, -0.2) is 0 Å². The van der Waals surface area contributed by atoms with E-state index >= 15 is 0 Å². The van der Waals surface area contributed by atoms with Crippen molar-refractivity contribution in [1.82, 2.24) is 4.90 Å². The summed E-state index contributed by atoms with van der Waals surface area (Å²) in [7, 11) is 3.50. The zero-order valence-corrected chi connectivity index (χ0v) is 13.5. The smallest absolute Gasteiger partial charge is 0.234 e. The highest BCUT2D eigenvalue weighted by Gasteiger charge is 2.13. The lowest BCUT2D eigenvalue weighted by atomic mass is 10.2. The van der Waals surface area contributed by atoms with Crippen molar-refractivity contribution in [3.63, 3.8) is 0 Å². The minimum Gasteiger partial charge on any atom is -0.369 e. The third-order valence-corrected chi connectivity index (χ3v) is 3.17. The van der Waals surface area contributed by atoms with Gasteiger partial charge in [-0.05, 0) is 12.8 Å². The van der Waals surface area contributed by atoms with Gasteiger partial charge in [-0.3, -0.25) is 9.59 Å². The lowest BCUT2D eigenvalue weighted by Crippen LogP contribution is -2.30. The molecule has 0 aliphatic heterocycles. The minimum absolute atomic E-state index is 0.102. The molecule has 2 N–H and O–H groups in total. The molecule has 0 rings (SSSR count). The lowest BCUT2D eigenvalue weighted by molar-refractivity contribution is -0.128. The van der Waals surface area contributed by atoms with Gasteiger partial charge in [0.2, 0.25) is 11.8 Å². The first kappa shape index (κ1) is 20.0. The van der Waals surface area contributed by atoms with Gasteiger partial charge in [0.25, 0.3) is 0 Å². The lowest BCUT2D eigenvalue weighted by Gasteiger charge is -2.14. The molecule has 0 aromatic heterocycles. The van der Waals surface area contributed by atoms with Crippen molar-refractivity contribution in [2.45, 2.75) is 50.0 Å². The minimum atomic E-state index is -0.324. The second-order valence-corrected chi connectivity index (χ2v) is 5.49. The standard InChI is InChI=1S/C7H15NOS.C5H11NOS/c1-4-5-6(10)7(9)8(2)3;1-2-3-4(8)5(6)7/h6,10H,4-5H2,1-3H3;4,8H,2-3H2,1H3,(H2,6,7). The van der Waals surface area contributed by atoms with Gasteiger partial charge in [0.1, 0.15) is 0 Å². The van der Waals surface area contributed by atoms with Crippen molar-refractivity contribution < 1.29 is 9.59 Å². The van der Waals surface area contributed by atoms with Crippen molar-refractivity contribution in [3.8, 4) is 0 Å². The number of nitrogens with zero attached hydrogens (tertiary/aromatic N) is 1. The van der Waals surface area contributed by atoms with E-state index in [0.29, 0.717) is 0 Å². The Bertz CT molecular complexity index is 248. The van der Waals surface area contributed by atoms with Gasteiger partial charge in [-0.2, -0.15) is 25.3 Å². The quantitative estimate of drug-likeness (QED) is 0.653. The SMILES string of the molecule is CCCC(S)C(=O)N(C)C.CCCC(S)C(N)=O. The van der Waals surface area contributed by atoms with E-state index in [1.54, 1.807) is 19.0 Å². The molecule has 0 aliphatic carbocycles. The maximum Gasteiger partial charge on any atom is 0.234 e. The Balaban J connectivity index is 0. The summed E-state index contributed by atoms with van der Waals surface area (Å²) in [4.78, 5) is 22.9. The second kappa shape index (κ2) is 11.7. The van der Waals surface area contributed by atoms with Crippen LogP contribution in [0.5, 0.6) is 0 Å². The van der Waals surface area contributed by atoms with E-state index in [1.807, 2.05) is 13.8 Å². The van der Waals surface area contributed by atoms with Crippen LogP contribution in [0.4, 0.5) is 0 Å². The molecule has 2 amide bonds. The van der Waals surface area contributed by atoms with Crippen molar-refractivity contribution in [2.75, 3.05) is 14.1 Å². The van der Waals surface area contributed by atoms with E-state index in [1.165, 1.54) is 0 Å². The number of primary amides is 1. The van der Waals surface area contributed by atoms with E-state index in [-0.39, 0.29) is 22.3 Å². The van der Waals surface area contributed by atoms with Crippen LogP contribution in [-0.2, 0) is 9.59 Å². The molecule has 0 heterocycles. The number of rotatable bonds is 6. The summed E-state index contributed by atoms with van der Waals surface area (Å²) < 4.78 is 0. The molecule has 0 saturated heterocycles. The average molecular weight is 294 g/mol. The Hall–Kier alpha value is -0.360. The number of hydrogen-bond donors (Lipinski definition) is 3. The first-order valence-corrected chi connectivity index (χ1v) is 7.17. The van der Waals surface area contributed by atoms with Crippen LogP contribution in [0.2, 0.25) is 0 Å². The Morgan fingerprint density at radius 3 is 1.67 bits per heavy atom. The van der Waals surface area contributed by atoms with Gasteiger partial charge >= 0.3 is 0 Å². The zero-order chi connectivity index (χ0) is 14.7. The number of thiol groups is 2. The topological polar surface area (TPSA) is 63.4 Å². The van der Waals surface area contributed by atoms with Gasteiger partial charge in [0.05, 0.1) is 10.5 Å². The average Bonchev–Trinajstić information content (AvgIpc) is 2.29. The molecule has 0 aromatic carbocycles. The molecule has 108 valence electrons. The van der Waals surface area contributed by atoms with Gasteiger partial charge in [0.15, 0.2) is 0 Å². The molecule has 0 radical (unpaired) electrons. The molecule has 2 unspecified atom stereocenters. The van der Waals surface area contributed by atoms with Gasteiger partial charge in [-0.15, -0.1) is 0 Å².